The minimum absolute atomic E-state index is 0.137. The molecule has 1 aromatic heterocycles. The maximum Gasteiger partial charge on any atom is 0.353 e. The Hall–Kier alpha value is -1.39. The minimum atomic E-state index is -3.88. The van der Waals surface area contributed by atoms with Crippen molar-refractivity contribution >= 4 is 7.37 Å². The Morgan fingerprint density at radius 1 is 1.54 bits per heavy atom. The number of ether oxygens (including phenoxy) is 2. The largest absolute Gasteiger partial charge is 0.493 e. The van der Waals surface area contributed by atoms with Crippen LogP contribution in [-0.2, 0) is 18.6 Å². The van der Waals surface area contributed by atoms with Gasteiger partial charge in [0.2, 0.25) is 19.5 Å². The molecule has 0 radical (unpaired) electrons. The molecule has 4 atom stereocenters. The average molecular weight is 370 g/mol. The SMILES string of the molecule is CCOP(C)(=O)COC1OC(n2ccc(O)nc2=O)C(F)(F)C1O. The molecule has 0 spiro atoms. The van der Waals surface area contributed by atoms with E-state index in [1.165, 1.54) is 6.66 Å². The Labute approximate surface area is 135 Å². The number of aliphatic hydroxyl groups is 1. The first-order chi connectivity index (χ1) is 11.1. The van der Waals surface area contributed by atoms with E-state index in [2.05, 4.69) is 4.98 Å². The molecule has 1 aromatic rings. The molecule has 2 heterocycles. The van der Waals surface area contributed by atoms with Gasteiger partial charge < -0.3 is 24.2 Å². The van der Waals surface area contributed by atoms with E-state index in [-0.39, 0.29) is 6.61 Å². The molecular formula is C12H17F2N2O7P. The molecule has 2 rings (SSSR count). The Balaban J connectivity index is 2.18. The summed E-state index contributed by atoms with van der Waals surface area (Å²) < 4.78 is 55.5. The van der Waals surface area contributed by atoms with Gasteiger partial charge in [0.25, 0.3) is 0 Å². The van der Waals surface area contributed by atoms with E-state index in [4.69, 9.17) is 19.1 Å². The highest BCUT2D eigenvalue weighted by Gasteiger charge is 2.60. The summed E-state index contributed by atoms with van der Waals surface area (Å²) in [5.41, 5.74) is -1.19. The molecule has 24 heavy (non-hydrogen) atoms. The molecule has 0 aliphatic carbocycles. The lowest BCUT2D eigenvalue weighted by Crippen LogP contribution is -2.41. The van der Waals surface area contributed by atoms with Crippen LogP contribution >= 0.6 is 7.37 Å². The van der Waals surface area contributed by atoms with E-state index in [1.807, 2.05) is 0 Å². The first-order valence-electron chi connectivity index (χ1n) is 6.90. The van der Waals surface area contributed by atoms with Crippen LogP contribution < -0.4 is 5.69 Å². The number of aromatic hydroxyl groups is 1. The lowest BCUT2D eigenvalue weighted by Gasteiger charge is -2.20. The van der Waals surface area contributed by atoms with Crippen LogP contribution in [0.5, 0.6) is 5.88 Å². The van der Waals surface area contributed by atoms with Crippen molar-refractivity contribution in [2.45, 2.75) is 31.5 Å². The Morgan fingerprint density at radius 2 is 2.21 bits per heavy atom. The Morgan fingerprint density at radius 3 is 2.79 bits per heavy atom. The van der Waals surface area contributed by atoms with Crippen LogP contribution in [0.2, 0.25) is 0 Å². The number of hydrogen-bond acceptors (Lipinski definition) is 8. The first-order valence-corrected chi connectivity index (χ1v) is 9.16. The molecule has 136 valence electrons. The molecule has 0 aromatic carbocycles. The molecule has 1 aliphatic heterocycles. The lowest BCUT2D eigenvalue weighted by atomic mass is 10.2. The van der Waals surface area contributed by atoms with Gasteiger partial charge in [0.05, 0.1) is 6.61 Å². The van der Waals surface area contributed by atoms with Crippen molar-refractivity contribution in [2.24, 2.45) is 0 Å². The quantitative estimate of drug-likeness (QED) is 0.703. The van der Waals surface area contributed by atoms with E-state index in [1.54, 1.807) is 6.92 Å². The topological polar surface area (TPSA) is 120 Å². The normalized spacial score (nSPS) is 28.6. The summed E-state index contributed by atoms with van der Waals surface area (Å²) in [6.45, 7) is 2.99. The van der Waals surface area contributed by atoms with Gasteiger partial charge in [0.1, 0.15) is 6.35 Å². The minimum Gasteiger partial charge on any atom is -0.493 e. The van der Waals surface area contributed by atoms with E-state index >= 15 is 0 Å². The second kappa shape index (κ2) is 6.85. The fraction of sp³-hybridized carbons (Fsp3) is 0.667. The zero-order valence-electron chi connectivity index (χ0n) is 12.8. The number of hydrogen-bond donors (Lipinski definition) is 2. The number of rotatable bonds is 6. The predicted octanol–water partition coefficient (Wildman–Crippen LogP) is 0.718. The zero-order valence-corrected chi connectivity index (χ0v) is 13.7. The second-order valence-corrected chi connectivity index (χ2v) is 7.72. The summed E-state index contributed by atoms with van der Waals surface area (Å²) in [4.78, 5) is 14.7. The number of nitrogens with zero attached hydrogens (tertiary/aromatic N) is 2. The van der Waals surface area contributed by atoms with Gasteiger partial charge in [-0.2, -0.15) is 13.8 Å². The Bertz CT molecular complexity index is 698. The van der Waals surface area contributed by atoms with Gasteiger partial charge in [0, 0.05) is 18.9 Å². The highest BCUT2D eigenvalue weighted by Crippen LogP contribution is 2.46. The molecule has 12 heteroatoms. The molecule has 0 bridgehead atoms. The van der Waals surface area contributed by atoms with Crippen LogP contribution in [0.15, 0.2) is 17.1 Å². The van der Waals surface area contributed by atoms with E-state index in [0.717, 1.165) is 12.3 Å². The number of alkyl halides is 2. The van der Waals surface area contributed by atoms with Gasteiger partial charge in [-0.1, -0.05) is 0 Å². The van der Waals surface area contributed by atoms with Crippen LogP contribution in [0.25, 0.3) is 0 Å². The molecule has 9 nitrogen and oxygen atoms in total. The number of aliphatic hydroxyl groups excluding tert-OH is 1. The van der Waals surface area contributed by atoms with Gasteiger partial charge >= 0.3 is 11.6 Å². The summed E-state index contributed by atoms with van der Waals surface area (Å²) in [7, 11) is -3.19. The van der Waals surface area contributed by atoms with Crippen molar-refractivity contribution in [2.75, 3.05) is 19.6 Å². The van der Waals surface area contributed by atoms with Gasteiger partial charge in [-0.25, -0.2) is 4.79 Å². The lowest BCUT2D eigenvalue weighted by molar-refractivity contribution is -0.169. The third kappa shape index (κ3) is 3.81. The van der Waals surface area contributed by atoms with Crippen LogP contribution in [0, 0.1) is 0 Å². The molecular weight excluding hydrogens is 353 g/mol. The van der Waals surface area contributed by atoms with Gasteiger partial charge in [0.15, 0.2) is 12.4 Å². The monoisotopic (exact) mass is 370 g/mol. The third-order valence-corrected chi connectivity index (χ3v) is 4.61. The van der Waals surface area contributed by atoms with Gasteiger partial charge in [-0.3, -0.25) is 9.13 Å². The van der Waals surface area contributed by atoms with Crippen LogP contribution in [0.3, 0.4) is 0 Å². The zero-order chi connectivity index (χ0) is 18.1. The second-order valence-electron chi connectivity index (χ2n) is 5.18. The maximum absolute atomic E-state index is 14.2. The summed E-state index contributed by atoms with van der Waals surface area (Å²) >= 11 is 0. The number of aromatic nitrogens is 2. The molecule has 1 saturated heterocycles. The predicted molar refractivity (Wildman–Crippen MR) is 76.1 cm³/mol. The first kappa shape index (κ1) is 18.9. The summed E-state index contributed by atoms with van der Waals surface area (Å²) in [5.74, 6) is -4.52. The standard InChI is InChI=1S/C12H17F2N2O7P/c1-3-22-24(2,20)6-21-9-8(18)12(13,14)10(23-9)16-5-4-7(17)15-11(16)19/h4-5,8-10,18H,3,6H2,1-2H3,(H,15,17,19). The van der Waals surface area contributed by atoms with E-state index in [0.29, 0.717) is 4.57 Å². The molecule has 0 saturated carbocycles. The van der Waals surface area contributed by atoms with E-state index in [9.17, 15) is 23.2 Å². The van der Waals surface area contributed by atoms with Crippen LogP contribution in [0.4, 0.5) is 8.78 Å². The number of halogens is 2. The molecule has 0 amide bonds. The van der Waals surface area contributed by atoms with Crippen molar-refractivity contribution in [3.63, 3.8) is 0 Å². The van der Waals surface area contributed by atoms with Crippen molar-refractivity contribution in [1.82, 2.24) is 9.55 Å². The molecule has 4 unspecified atom stereocenters. The van der Waals surface area contributed by atoms with Gasteiger partial charge in [-0.05, 0) is 6.92 Å². The summed E-state index contributed by atoms with van der Waals surface area (Å²) in [5, 5.41) is 18.8. The molecule has 2 N–H and O–H groups in total. The highest BCUT2D eigenvalue weighted by molar-refractivity contribution is 7.57. The van der Waals surface area contributed by atoms with Crippen molar-refractivity contribution in [3.05, 3.63) is 22.7 Å². The van der Waals surface area contributed by atoms with Crippen molar-refractivity contribution < 1.29 is 37.6 Å². The molecule has 1 aliphatic rings. The Kier molecular flexibility index (Phi) is 5.41. The van der Waals surface area contributed by atoms with Crippen LogP contribution in [0.1, 0.15) is 13.2 Å². The highest BCUT2D eigenvalue weighted by atomic mass is 31.2. The van der Waals surface area contributed by atoms with E-state index < -0.39 is 49.8 Å². The maximum atomic E-state index is 14.2. The fourth-order valence-corrected chi connectivity index (χ4v) is 3.14. The average Bonchev–Trinajstić information content (AvgIpc) is 2.69. The van der Waals surface area contributed by atoms with Crippen LogP contribution in [-0.4, -0.2) is 57.7 Å². The summed E-state index contributed by atoms with van der Waals surface area (Å²) in [6, 6.07) is 0.913. The summed E-state index contributed by atoms with van der Waals surface area (Å²) in [6.07, 6.45) is -6.11. The molecule has 1 fully saturated rings. The fourth-order valence-electron chi connectivity index (χ4n) is 2.10. The smallest absolute Gasteiger partial charge is 0.353 e. The van der Waals surface area contributed by atoms with Crippen molar-refractivity contribution in [3.8, 4) is 5.88 Å². The van der Waals surface area contributed by atoms with Crippen molar-refractivity contribution in [1.29, 1.82) is 0 Å². The van der Waals surface area contributed by atoms with Gasteiger partial charge in [-0.15, -0.1) is 0 Å². The third-order valence-electron chi connectivity index (χ3n) is 3.19.